The van der Waals surface area contributed by atoms with Gasteiger partial charge in [0.25, 0.3) is 5.82 Å². The zero-order valence-corrected chi connectivity index (χ0v) is 15.3. The molecule has 2 heterocycles. The highest BCUT2D eigenvalue weighted by Gasteiger charge is 2.56. The van der Waals surface area contributed by atoms with E-state index in [9.17, 15) is 14.0 Å². The predicted octanol–water partition coefficient (Wildman–Crippen LogP) is 2.95. The second kappa shape index (κ2) is 6.83. The highest BCUT2D eigenvalue weighted by Crippen LogP contribution is 2.36. The van der Waals surface area contributed by atoms with Crippen molar-refractivity contribution >= 4 is 41.0 Å². The molecule has 0 bridgehead atoms. The van der Waals surface area contributed by atoms with E-state index in [2.05, 4.69) is 4.98 Å². The van der Waals surface area contributed by atoms with Crippen LogP contribution in [0.15, 0.2) is 36.5 Å². The summed E-state index contributed by atoms with van der Waals surface area (Å²) in [5.74, 6) is -1.40. The van der Waals surface area contributed by atoms with Crippen LogP contribution in [0.5, 0.6) is 0 Å². The minimum atomic E-state index is -0.880. The molecule has 1 aliphatic heterocycles. The van der Waals surface area contributed by atoms with Gasteiger partial charge in [0.15, 0.2) is 6.04 Å². The maximum atomic E-state index is 14.6. The van der Waals surface area contributed by atoms with Crippen molar-refractivity contribution in [1.29, 1.82) is 0 Å². The highest BCUT2D eigenvalue weighted by atomic mass is 35.5. The lowest BCUT2D eigenvalue weighted by atomic mass is 10.1. The topological polar surface area (TPSA) is 76.3 Å². The summed E-state index contributed by atoms with van der Waals surface area (Å²) in [4.78, 5) is 30.2. The smallest absolute Gasteiger partial charge is 0.368 e. The monoisotopic (exact) mass is 397 g/mol. The first kappa shape index (κ1) is 18.6. The Morgan fingerprint density at radius 3 is 2.73 bits per heavy atom. The first-order valence-electron chi connectivity index (χ1n) is 7.75. The van der Waals surface area contributed by atoms with E-state index in [4.69, 9.17) is 28.9 Å². The quantitative estimate of drug-likeness (QED) is 0.805. The van der Waals surface area contributed by atoms with Crippen LogP contribution >= 0.6 is 23.2 Å². The Balaban J connectivity index is 2.16. The van der Waals surface area contributed by atoms with Crippen molar-refractivity contribution in [3.8, 4) is 0 Å². The zero-order valence-electron chi connectivity index (χ0n) is 13.8. The molecule has 0 spiro atoms. The fourth-order valence-electron chi connectivity index (χ4n) is 3.23. The number of aromatic nitrogens is 1. The van der Waals surface area contributed by atoms with Gasteiger partial charge in [-0.1, -0.05) is 29.3 Å². The van der Waals surface area contributed by atoms with Gasteiger partial charge in [0.1, 0.15) is 13.1 Å². The number of carbonyl (C=O) groups excluding carboxylic acids is 2. The molecule has 2 atom stereocenters. The molecule has 1 aromatic carbocycles. The summed E-state index contributed by atoms with van der Waals surface area (Å²) in [5, 5.41) is 0.776. The minimum Gasteiger partial charge on any atom is -0.368 e. The van der Waals surface area contributed by atoms with Crippen molar-refractivity contribution in [1.82, 2.24) is 14.4 Å². The van der Waals surface area contributed by atoms with Crippen LogP contribution in [0.3, 0.4) is 0 Å². The number of urea groups is 1. The number of hydrogen-bond acceptors (Lipinski definition) is 3. The molecule has 0 radical (unpaired) electrons. The number of rotatable bonds is 4. The maximum Gasteiger partial charge on any atom is 0.426 e. The molecule has 2 N–H and O–H groups in total. The first-order chi connectivity index (χ1) is 12.3. The van der Waals surface area contributed by atoms with Gasteiger partial charge in [-0.3, -0.25) is 9.69 Å². The molecular formula is C17H16Cl2FN4O2+. The average Bonchev–Trinajstić information content (AvgIpc) is 2.84. The van der Waals surface area contributed by atoms with E-state index < -0.39 is 28.3 Å². The van der Waals surface area contributed by atoms with Crippen LogP contribution in [0, 0.1) is 5.82 Å². The number of quaternary nitrogens is 1. The van der Waals surface area contributed by atoms with E-state index in [1.165, 1.54) is 30.3 Å². The lowest BCUT2D eigenvalue weighted by Gasteiger charge is -2.29. The summed E-state index contributed by atoms with van der Waals surface area (Å²) >= 11 is 12.2. The standard InChI is InChI=1S/C17H15Cl2FN4O2/c1-23-14(15(21)25)9-24(17(23)26,16-13(20)3-2-6-22-16)8-10-4-5-11(18)7-12(10)19/h2-7,14H,8-9H2,1H3,(H-,21,25)/p+1. The summed E-state index contributed by atoms with van der Waals surface area (Å²) < 4.78 is 14.0. The van der Waals surface area contributed by atoms with Crippen LogP contribution in [-0.2, 0) is 11.3 Å². The number of nitrogens with two attached hydrogens (primary N) is 1. The van der Waals surface area contributed by atoms with Gasteiger partial charge in [0.05, 0.1) is 5.02 Å². The molecule has 0 saturated carbocycles. The van der Waals surface area contributed by atoms with Crippen LogP contribution in [0.4, 0.5) is 15.0 Å². The number of carbonyl (C=O) groups is 2. The number of pyridine rings is 1. The molecule has 1 aliphatic rings. The van der Waals surface area contributed by atoms with Crippen LogP contribution in [-0.4, -0.2) is 41.5 Å². The maximum absolute atomic E-state index is 14.6. The SMILES string of the molecule is CN1C(=O)[N+](Cc2ccc(Cl)cc2Cl)(c2ncccc2F)CC1C(N)=O. The Hall–Kier alpha value is -2.22. The Morgan fingerprint density at radius 1 is 1.42 bits per heavy atom. The molecule has 1 fully saturated rings. The molecule has 6 nitrogen and oxygen atoms in total. The fourth-order valence-corrected chi connectivity index (χ4v) is 3.70. The number of hydrogen-bond donors (Lipinski definition) is 1. The van der Waals surface area contributed by atoms with Crippen molar-refractivity contribution in [3.05, 3.63) is 58.0 Å². The van der Waals surface area contributed by atoms with E-state index in [0.29, 0.717) is 15.6 Å². The summed E-state index contributed by atoms with van der Waals surface area (Å²) in [6.45, 7) is -0.0333. The number of primary amides is 1. The second-order valence-electron chi connectivity index (χ2n) is 6.16. The number of halogens is 3. The van der Waals surface area contributed by atoms with Crippen LogP contribution in [0.2, 0.25) is 10.0 Å². The Morgan fingerprint density at radius 2 is 2.15 bits per heavy atom. The molecule has 3 rings (SSSR count). The minimum absolute atomic E-state index is 0.0108. The molecule has 136 valence electrons. The summed E-state index contributed by atoms with van der Waals surface area (Å²) in [6, 6.07) is 6.11. The molecule has 3 amide bonds. The van der Waals surface area contributed by atoms with E-state index >= 15 is 0 Å². The Kier molecular flexibility index (Phi) is 4.88. The van der Waals surface area contributed by atoms with Gasteiger partial charge in [-0.15, -0.1) is 0 Å². The van der Waals surface area contributed by atoms with Crippen LogP contribution < -0.4 is 10.2 Å². The third-order valence-corrected chi connectivity index (χ3v) is 5.14. The molecule has 1 aromatic heterocycles. The van der Waals surface area contributed by atoms with Gasteiger partial charge >= 0.3 is 6.03 Å². The van der Waals surface area contributed by atoms with Gasteiger partial charge in [-0.25, -0.2) is 9.78 Å². The zero-order chi connectivity index (χ0) is 19.1. The number of likely N-dealkylation sites (N-methyl/N-ethyl adjacent to an activating group) is 1. The van der Waals surface area contributed by atoms with Gasteiger partial charge in [-0.05, 0) is 24.3 Å². The van der Waals surface area contributed by atoms with Crippen molar-refractivity contribution in [2.24, 2.45) is 5.73 Å². The van der Waals surface area contributed by atoms with Gasteiger partial charge in [0.2, 0.25) is 11.7 Å². The second-order valence-corrected chi connectivity index (χ2v) is 7.01. The van der Waals surface area contributed by atoms with Crippen molar-refractivity contribution in [2.45, 2.75) is 12.6 Å². The number of benzene rings is 1. The van der Waals surface area contributed by atoms with Crippen LogP contribution in [0.1, 0.15) is 5.56 Å². The summed E-state index contributed by atoms with van der Waals surface area (Å²) in [5.41, 5.74) is 6.01. The lowest BCUT2D eigenvalue weighted by Crippen LogP contribution is -2.52. The molecule has 9 heteroatoms. The molecule has 26 heavy (non-hydrogen) atoms. The lowest BCUT2D eigenvalue weighted by molar-refractivity contribution is -0.121. The van der Waals surface area contributed by atoms with Gasteiger partial charge < -0.3 is 5.73 Å². The highest BCUT2D eigenvalue weighted by molar-refractivity contribution is 6.35. The van der Waals surface area contributed by atoms with E-state index in [1.807, 2.05) is 0 Å². The van der Waals surface area contributed by atoms with Crippen molar-refractivity contribution in [2.75, 3.05) is 13.6 Å². The summed E-state index contributed by atoms with van der Waals surface area (Å²) in [7, 11) is 1.46. The Labute approximate surface area is 159 Å². The average molecular weight is 398 g/mol. The summed E-state index contributed by atoms with van der Waals surface area (Å²) in [6.07, 6.45) is 1.40. The van der Waals surface area contributed by atoms with E-state index in [-0.39, 0.29) is 18.9 Å². The fraction of sp³-hybridized carbons (Fsp3) is 0.235. The first-order valence-corrected chi connectivity index (χ1v) is 8.50. The van der Waals surface area contributed by atoms with Gasteiger partial charge in [0, 0.05) is 23.8 Å². The predicted molar refractivity (Wildman–Crippen MR) is 97.2 cm³/mol. The Bertz CT molecular complexity index is 895. The molecule has 2 unspecified atom stereocenters. The number of nitrogens with zero attached hydrogens (tertiary/aromatic N) is 3. The molecule has 2 aromatic rings. The third-order valence-electron chi connectivity index (χ3n) is 4.55. The van der Waals surface area contributed by atoms with Crippen molar-refractivity contribution in [3.63, 3.8) is 0 Å². The van der Waals surface area contributed by atoms with Crippen molar-refractivity contribution < 1.29 is 14.0 Å². The normalized spacial score (nSPS) is 22.7. The molecule has 1 saturated heterocycles. The third kappa shape index (κ3) is 3.02. The molecule has 0 aliphatic carbocycles. The number of amides is 3. The van der Waals surface area contributed by atoms with E-state index in [1.54, 1.807) is 18.2 Å². The van der Waals surface area contributed by atoms with Gasteiger partial charge in [-0.2, -0.15) is 8.87 Å². The van der Waals surface area contributed by atoms with E-state index in [0.717, 1.165) is 0 Å². The largest absolute Gasteiger partial charge is 0.426 e. The molecular weight excluding hydrogens is 382 g/mol. The van der Waals surface area contributed by atoms with Crippen LogP contribution in [0.25, 0.3) is 0 Å².